The summed E-state index contributed by atoms with van der Waals surface area (Å²) in [5, 5.41) is 0. The molecule has 0 unspecified atom stereocenters. The van der Waals surface area contributed by atoms with Gasteiger partial charge in [-0.1, -0.05) is 23.2 Å². The van der Waals surface area contributed by atoms with Gasteiger partial charge in [0.2, 0.25) is 0 Å². The Hall–Kier alpha value is 0.710. The predicted molar refractivity (Wildman–Crippen MR) is 65.0 cm³/mol. The van der Waals surface area contributed by atoms with Crippen molar-refractivity contribution in [3.05, 3.63) is 0 Å². The first kappa shape index (κ1) is 13.7. The van der Waals surface area contributed by atoms with E-state index < -0.39 is 0 Å². The molecule has 0 atom stereocenters. The predicted octanol–water partition coefficient (Wildman–Crippen LogP) is 4.31. The summed E-state index contributed by atoms with van der Waals surface area (Å²) in [6.07, 6.45) is 0. The molecular weight excluding hydrogens is 224 g/mol. The first-order valence-corrected chi connectivity index (χ1v) is 5.85. The molecule has 0 N–H and O–H groups in total. The minimum atomic E-state index is 0.0643. The van der Waals surface area contributed by atoms with Gasteiger partial charge < -0.3 is 0 Å². The summed E-state index contributed by atoms with van der Waals surface area (Å²) >= 11 is 11.4. The first-order chi connectivity index (χ1) is 5.55. The van der Waals surface area contributed by atoms with Crippen LogP contribution in [0.5, 0.6) is 0 Å². The van der Waals surface area contributed by atoms with Gasteiger partial charge in [-0.25, -0.2) is 4.67 Å². The Labute approximate surface area is 93.3 Å². The van der Waals surface area contributed by atoms with Crippen LogP contribution in [0.2, 0.25) is 0 Å². The highest BCUT2D eigenvalue weighted by molar-refractivity contribution is 7.50. The zero-order valence-electron chi connectivity index (χ0n) is 9.15. The molecule has 0 aromatic rings. The average molecular weight is 242 g/mol. The lowest BCUT2D eigenvalue weighted by molar-refractivity contribution is 0.154. The van der Waals surface area contributed by atoms with Gasteiger partial charge in [-0.15, -0.1) is 0 Å². The van der Waals surface area contributed by atoms with Crippen molar-refractivity contribution in [2.45, 2.75) is 52.6 Å². The van der Waals surface area contributed by atoms with E-state index in [1.54, 1.807) is 0 Å². The molecule has 0 fully saturated rings. The Morgan fingerprint density at radius 2 is 1.23 bits per heavy atom. The molecule has 1 nitrogen and oxygen atoms in total. The third kappa shape index (κ3) is 5.22. The average Bonchev–Trinajstić information content (AvgIpc) is 1.77. The lowest BCUT2D eigenvalue weighted by Gasteiger charge is -2.42. The number of hydrogen-bond donors (Lipinski definition) is 0. The molecule has 0 rings (SSSR count). The smallest absolute Gasteiger partial charge is 0.144 e. The van der Waals surface area contributed by atoms with E-state index in [4.69, 9.17) is 23.2 Å². The number of rotatable bonds is 1. The highest BCUT2D eigenvalue weighted by Crippen LogP contribution is 2.33. The van der Waals surface area contributed by atoms with Crippen LogP contribution in [-0.2, 0) is 0 Å². The van der Waals surface area contributed by atoms with Crippen LogP contribution in [0.3, 0.4) is 0 Å². The fourth-order valence-corrected chi connectivity index (χ4v) is 2.59. The van der Waals surface area contributed by atoms with Crippen molar-refractivity contribution in [3.63, 3.8) is 0 Å². The second-order valence-electron chi connectivity index (χ2n) is 4.99. The van der Waals surface area contributed by atoms with E-state index in [-0.39, 0.29) is 11.1 Å². The molecule has 0 aliphatic carbocycles. The number of hydrogen-bond acceptors (Lipinski definition) is 1. The van der Waals surface area contributed by atoms with Crippen molar-refractivity contribution in [3.8, 4) is 0 Å². The second kappa shape index (κ2) is 4.49. The van der Waals surface area contributed by atoms with Crippen LogP contribution < -0.4 is 0 Å². The Balaban J connectivity index is 4.90. The third-order valence-electron chi connectivity index (χ3n) is 1.45. The van der Waals surface area contributed by atoms with Gasteiger partial charge in [0.15, 0.2) is 0 Å². The third-order valence-corrected chi connectivity index (χ3v) is 3.45. The van der Waals surface area contributed by atoms with Gasteiger partial charge in [-0.05, 0) is 41.5 Å². The molecule has 0 saturated carbocycles. The van der Waals surface area contributed by atoms with Crippen LogP contribution in [0, 0.1) is 0 Å². The van der Waals surface area contributed by atoms with Crippen LogP contribution in [0.15, 0.2) is 0 Å². The van der Waals surface area contributed by atoms with Crippen LogP contribution in [0.4, 0.5) is 0 Å². The van der Waals surface area contributed by atoms with Crippen LogP contribution in [-0.4, -0.2) is 20.0 Å². The van der Waals surface area contributed by atoms with Gasteiger partial charge in [0.25, 0.3) is 0 Å². The van der Waals surface area contributed by atoms with E-state index in [9.17, 15) is 0 Å². The van der Waals surface area contributed by atoms with Gasteiger partial charge in [-0.2, -0.15) is 0 Å². The molecule has 0 aliphatic rings. The maximum Gasteiger partial charge on any atom is 0.144 e. The lowest BCUT2D eigenvalue weighted by atomic mass is 10.0. The fraction of sp³-hybridized carbons (Fsp3) is 0.889. The molecule has 13 heavy (non-hydrogen) atoms. The zero-order valence-corrected chi connectivity index (χ0v) is 11.6. The van der Waals surface area contributed by atoms with Gasteiger partial charge in [0.05, 0.1) is 0 Å². The Bertz CT molecular complexity index is 183. The standard InChI is InChI=1S/C9H18Cl2NP/c1-8(2,3)12(9(4,5)6)13-7(10)11/h1-6H3. The molecule has 78 valence electrons. The van der Waals surface area contributed by atoms with E-state index >= 15 is 0 Å². The van der Waals surface area contributed by atoms with Gasteiger partial charge >= 0.3 is 0 Å². The summed E-state index contributed by atoms with van der Waals surface area (Å²) in [6, 6.07) is 0. The molecule has 0 radical (unpaired) electrons. The summed E-state index contributed by atoms with van der Waals surface area (Å²) < 4.78 is 2.64. The Morgan fingerprint density at radius 1 is 0.923 bits per heavy atom. The van der Waals surface area contributed by atoms with E-state index in [1.807, 2.05) is 0 Å². The molecular formula is C9H18Cl2NP. The zero-order chi connectivity index (χ0) is 10.9. The maximum absolute atomic E-state index is 5.71. The summed E-state index contributed by atoms with van der Waals surface area (Å²) in [4.78, 5) is 0. The normalized spacial score (nSPS) is 13.9. The van der Waals surface area contributed by atoms with Crippen molar-refractivity contribution in [1.29, 1.82) is 0 Å². The van der Waals surface area contributed by atoms with E-state index in [0.29, 0.717) is 4.21 Å². The highest BCUT2D eigenvalue weighted by atomic mass is 35.5. The van der Waals surface area contributed by atoms with Gasteiger partial charge in [0.1, 0.15) is 4.21 Å². The van der Waals surface area contributed by atoms with Crippen LogP contribution >= 0.6 is 31.6 Å². The summed E-state index contributed by atoms with van der Waals surface area (Å²) in [5.41, 5.74) is 0.129. The first-order valence-electron chi connectivity index (χ1n) is 4.25. The lowest BCUT2D eigenvalue weighted by Crippen LogP contribution is -2.46. The largest absolute Gasteiger partial charge is 0.245 e. The minimum absolute atomic E-state index is 0.0643. The van der Waals surface area contributed by atoms with Crippen molar-refractivity contribution < 1.29 is 0 Å². The van der Waals surface area contributed by atoms with Crippen LogP contribution in [0.1, 0.15) is 41.5 Å². The molecule has 0 saturated heterocycles. The second-order valence-corrected chi connectivity index (χ2v) is 7.52. The molecule has 0 bridgehead atoms. The van der Waals surface area contributed by atoms with E-state index in [0.717, 1.165) is 8.35 Å². The molecule has 0 spiro atoms. The topological polar surface area (TPSA) is 3.24 Å². The molecule has 0 aromatic carbocycles. The summed E-state index contributed by atoms with van der Waals surface area (Å²) in [6.45, 7) is 12.9. The molecule has 0 heterocycles. The van der Waals surface area contributed by atoms with Crippen molar-refractivity contribution in [1.82, 2.24) is 4.67 Å². The molecule has 0 aromatic heterocycles. The van der Waals surface area contributed by atoms with Gasteiger partial charge in [-0.3, -0.25) is 0 Å². The SMILES string of the molecule is CC(C)(C)N(P=C(Cl)Cl)C(C)(C)C. The Morgan fingerprint density at radius 3 is 1.31 bits per heavy atom. The van der Waals surface area contributed by atoms with Crippen molar-refractivity contribution in [2.24, 2.45) is 0 Å². The van der Waals surface area contributed by atoms with Crippen molar-refractivity contribution >= 4 is 35.8 Å². The fourth-order valence-electron chi connectivity index (χ4n) is 1.38. The molecule has 4 heteroatoms. The highest BCUT2D eigenvalue weighted by Gasteiger charge is 2.30. The van der Waals surface area contributed by atoms with E-state index in [1.165, 1.54) is 0 Å². The summed E-state index contributed by atoms with van der Waals surface area (Å²) in [7, 11) is 0.879. The number of halogens is 2. The van der Waals surface area contributed by atoms with Gasteiger partial charge in [0, 0.05) is 19.4 Å². The number of nitrogens with zero attached hydrogens (tertiary/aromatic N) is 1. The minimum Gasteiger partial charge on any atom is -0.245 e. The maximum atomic E-state index is 5.71. The van der Waals surface area contributed by atoms with Crippen molar-refractivity contribution in [2.75, 3.05) is 0 Å². The van der Waals surface area contributed by atoms with Crippen LogP contribution in [0.25, 0.3) is 0 Å². The Kier molecular flexibility index (Phi) is 4.73. The quantitative estimate of drug-likeness (QED) is 0.619. The molecule has 0 aliphatic heterocycles. The van der Waals surface area contributed by atoms with E-state index in [2.05, 4.69) is 46.2 Å². The monoisotopic (exact) mass is 241 g/mol. The summed E-state index contributed by atoms with van der Waals surface area (Å²) in [5.74, 6) is 0. The molecule has 0 amide bonds.